The molecule has 0 N–H and O–H groups in total. The van der Waals surface area contributed by atoms with Crippen LogP contribution in [0.2, 0.25) is 19.6 Å². The molecule has 0 fully saturated rings. The van der Waals surface area contributed by atoms with Crippen LogP contribution in [0.3, 0.4) is 0 Å². The molecule has 0 nitrogen and oxygen atoms in total. The largest absolute Gasteiger partial charge is 1.00 e. The van der Waals surface area contributed by atoms with Crippen molar-refractivity contribution < 1.29 is 47.6 Å². The molecule has 2 aromatic carbocycles. The Bertz CT molecular complexity index is 1240. The van der Waals surface area contributed by atoms with Gasteiger partial charge in [0.1, 0.15) is 0 Å². The topological polar surface area (TPSA) is 0 Å². The van der Waals surface area contributed by atoms with Crippen LogP contribution in [0, 0.1) is 0 Å². The van der Waals surface area contributed by atoms with Crippen molar-refractivity contribution in [1.29, 1.82) is 0 Å². The number of hydrogen-bond donors (Lipinski definition) is 0. The second-order valence-corrected chi connectivity index (χ2v) is 23.3. The molecule has 0 saturated heterocycles. The summed E-state index contributed by atoms with van der Waals surface area (Å²) in [5.41, 5.74) is 12.6. The van der Waals surface area contributed by atoms with E-state index in [4.69, 9.17) is 0 Å². The second kappa shape index (κ2) is 10.9. The van der Waals surface area contributed by atoms with Gasteiger partial charge in [0.15, 0.2) is 0 Å². The molecule has 0 aliphatic heterocycles. The van der Waals surface area contributed by atoms with Gasteiger partial charge in [-0.15, -0.1) is 0 Å². The predicted molar refractivity (Wildman–Crippen MR) is 151 cm³/mol. The Kier molecular flexibility index (Phi) is 9.61. The van der Waals surface area contributed by atoms with Gasteiger partial charge in [-0.05, 0) is 0 Å². The van der Waals surface area contributed by atoms with Crippen molar-refractivity contribution in [3.05, 3.63) is 75.5 Å². The van der Waals surface area contributed by atoms with E-state index in [1.807, 2.05) is 0 Å². The van der Waals surface area contributed by atoms with Crippen LogP contribution >= 0.6 is 0 Å². The molecule has 193 valence electrons. The summed E-state index contributed by atoms with van der Waals surface area (Å²) in [5.74, 6) is 0. The van der Waals surface area contributed by atoms with Crippen LogP contribution < -0.4 is 24.8 Å². The van der Waals surface area contributed by atoms with Gasteiger partial charge >= 0.3 is 222 Å². The van der Waals surface area contributed by atoms with Gasteiger partial charge in [-0.25, -0.2) is 0 Å². The van der Waals surface area contributed by atoms with E-state index in [2.05, 4.69) is 118 Å². The summed E-state index contributed by atoms with van der Waals surface area (Å²) >= 11 is -0.736. The number of hydrogen-bond acceptors (Lipinski definition) is 0. The molecule has 4 rings (SSSR count). The molecular weight excluding hydrogens is 575 g/mol. The average Bonchev–Trinajstić information content (AvgIpc) is 3.30. The molecule has 0 heterocycles. The molecule has 36 heavy (non-hydrogen) atoms. The molecule has 0 spiro atoms. The SMILES string of the molecule is C[C](C)=[Zr+2][CH]1c2ccc(C(C)(C)C)cc2-c2cc(C(C)(C)C)cc(C3=CC([Si](C)(C)C)=CC3)c21.[Cl-].[Cl-]. The summed E-state index contributed by atoms with van der Waals surface area (Å²) in [7, 11) is -1.32. The van der Waals surface area contributed by atoms with Crippen molar-refractivity contribution in [3.63, 3.8) is 0 Å². The Hall–Kier alpha value is -0.530. The third kappa shape index (κ3) is 6.20. The normalized spacial score (nSPS) is 16.7. The summed E-state index contributed by atoms with van der Waals surface area (Å²) in [6.45, 7) is 26.3. The molecule has 2 aromatic rings. The molecule has 0 aromatic heterocycles. The van der Waals surface area contributed by atoms with Crippen molar-refractivity contribution in [2.24, 2.45) is 0 Å². The van der Waals surface area contributed by atoms with Gasteiger partial charge in [-0.1, -0.05) is 0 Å². The first-order valence-corrected chi connectivity index (χ1v) is 19.0. The van der Waals surface area contributed by atoms with Crippen LogP contribution in [-0.2, 0) is 33.6 Å². The van der Waals surface area contributed by atoms with Crippen LogP contribution in [0.25, 0.3) is 16.7 Å². The molecule has 0 saturated carbocycles. The number of rotatable bonds is 3. The Labute approximate surface area is 245 Å². The molecule has 0 bridgehead atoms. The second-order valence-electron chi connectivity index (χ2n) is 13.6. The van der Waals surface area contributed by atoms with Crippen LogP contribution in [-0.4, -0.2) is 11.3 Å². The summed E-state index contributed by atoms with van der Waals surface area (Å²) < 4.78 is 2.30. The Morgan fingerprint density at radius 1 is 0.806 bits per heavy atom. The molecular formula is C32H43Cl2SiZr. The molecule has 0 amide bonds. The van der Waals surface area contributed by atoms with Gasteiger partial charge < -0.3 is 24.8 Å². The number of benzene rings is 2. The zero-order valence-electron chi connectivity index (χ0n) is 24.1. The zero-order chi connectivity index (χ0) is 25.2. The maximum Gasteiger partial charge on any atom is -1.00 e. The first-order chi connectivity index (χ1) is 15.6. The Balaban J connectivity index is 0.00000228. The van der Waals surface area contributed by atoms with Crippen LogP contribution in [0.1, 0.15) is 93.3 Å². The minimum Gasteiger partial charge on any atom is -1.00 e. The van der Waals surface area contributed by atoms with Gasteiger partial charge in [-0.3, -0.25) is 0 Å². The quantitative estimate of drug-likeness (QED) is 0.465. The van der Waals surface area contributed by atoms with Gasteiger partial charge in [0, 0.05) is 0 Å². The van der Waals surface area contributed by atoms with Crippen molar-refractivity contribution >= 4 is 16.9 Å². The fourth-order valence-corrected chi connectivity index (χ4v) is 10.1. The Morgan fingerprint density at radius 3 is 1.86 bits per heavy atom. The first kappa shape index (κ1) is 31.7. The van der Waals surface area contributed by atoms with Gasteiger partial charge in [0.25, 0.3) is 0 Å². The smallest absolute Gasteiger partial charge is 1.00 e. The van der Waals surface area contributed by atoms with E-state index < -0.39 is 30.8 Å². The van der Waals surface area contributed by atoms with Crippen molar-refractivity contribution in [2.75, 3.05) is 0 Å². The monoisotopic (exact) mass is 615 g/mol. The fourth-order valence-electron chi connectivity index (χ4n) is 5.22. The molecule has 2 aliphatic carbocycles. The standard InChI is InChI=1S/C29H37Si.C3H6.2ClH.Zr/c1-28(2,3)21-12-10-20-15-26-25(19-11-13-23(14-19)30(7,8)9)17-22(29(4,5)6)18-27(26)24(20)16-21;1-3-2;;;/h10,12-18H,11H2,1-9H3;1-2H3;2*1H;/q;;;;+2/p-2. The Morgan fingerprint density at radius 2 is 1.36 bits per heavy atom. The maximum atomic E-state index is 2.57. The average molecular weight is 618 g/mol. The van der Waals surface area contributed by atoms with Gasteiger partial charge in [0.05, 0.1) is 0 Å². The third-order valence-electron chi connectivity index (χ3n) is 7.37. The molecule has 4 heteroatoms. The summed E-state index contributed by atoms with van der Waals surface area (Å²) in [6.07, 6.45) is 6.20. The van der Waals surface area contributed by atoms with Crippen molar-refractivity contribution in [3.8, 4) is 11.1 Å². The van der Waals surface area contributed by atoms with E-state index in [1.54, 1.807) is 30.7 Å². The van der Waals surface area contributed by atoms with E-state index in [-0.39, 0.29) is 35.6 Å². The van der Waals surface area contributed by atoms with E-state index >= 15 is 0 Å². The maximum absolute atomic E-state index is 2.57. The van der Waals surface area contributed by atoms with E-state index in [9.17, 15) is 0 Å². The van der Waals surface area contributed by atoms with Crippen molar-refractivity contribution in [2.45, 2.75) is 95.9 Å². The zero-order valence-corrected chi connectivity index (χ0v) is 29.1. The first-order valence-electron chi connectivity index (χ1n) is 12.9. The predicted octanol–water partition coefficient (Wildman–Crippen LogP) is 3.25. The minimum absolute atomic E-state index is 0. The van der Waals surface area contributed by atoms with Gasteiger partial charge in [0.2, 0.25) is 0 Å². The molecule has 2 aliphatic rings. The van der Waals surface area contributed by atoms with Gasteiger partial charge in [-0.2, -0.15) is 0 Å². The fraction of sp³-hybridized carbons (Fsp3) is 0.469. The summed E-state index contributed by atoms with van der Waals surface area (Å²) in [6, 6.07) is 12.5. The van der Waals surface area contributed by atoms with Crippen LogP contribution in [0.15, 0.2) is 47.7 Å². The molecule has 1 atom stereocenters. The summed E-state index contributed by atoms with van der Waals surface area (Å²) in [5, 5.41) is 1.62. The molecule has 1 unspecified atom stereocenters. The van der Waals surface area contributed by atoms with Crippen molar-refractivity contribution in [1.82, 2.24) is 0 Å². The van der Waals surface area contributed by atoms with Crippen LogP contribution in [0.5, 0.6) is 0 Å². The van der Waals surface area contributed by atoms with E-state index in [0.717, 1.165) is 6.42 Å². The van der Waals surface area contributed by atoms with E-state index in [1.165, 1.54) is 22.3 Å². The van der Waals surface area contributed by atoms with E-state index in [0.29, 0.717) is 3.63 Å². The molecule has 0 radical (unpaired) electrons. The van der Waals surface area contributed by atoms with Crippen LogP contribution in [0.4, 0.5) is 0 Å². The number of halogens is 2. The minimum atomic E-state index is -1.32. The third-order valence-corrected chi connectivity index (χ3v) is 13.1. The number of allylic oxidation sites excluding steroid dienone is 4. The number of fused-ring (bicyclic) bond motifs is 3. The summed E-state index contributed by atoms with van der Waals surface area (Å²) in [4.78, 5) is 0.